The van der Waals surface area contributed by atoms with Gasteiger partial charge in [-0.05, 0) is 66.1 Å². The second-order valence-electron chi connectivity index (χ2n) is 7.74. The fourth-order valence-electron chi connectivity index (χ4n) is 3.57. The number of tetrazole rings is 1. The van der Waals surface area contributed by atoms with Crippen molar-refractivity contribution < 1.29 is 19.1 Å². The van der Waals surface area contributed by atoms with Crippen molar-refractivity contribution in [2.24, 2.45) is 0 Å². The van der Waals surface area contributed by atoms with Crippen molar-refractivity contribution in [1.29, 1.82) is 0 Å². The van der Waals surface area contributed by atoms with Crippen LogP contribution in [0.5, 0.6) is 0 Å². The van der Waals surface area contributed by atoms with E-state index in [1.54, 1.807) is 10.7 Å². The number of amides is 2. The molecule has 1 aliphatic heterocycles. The number of aromatic nitrogens is 4. The molecule has 0 unspecified atom stereocenters. The molecule has 2 amide bonds. The Kier molecular flexibility index (Phi) is 5.81. The van der Waals surface area contributed by atoms with Crippen LogP contribution in [0.3, 0.4) is 0 Å². The summed E-state index contributed by atoms with van der Waals surface area (Å²) in [4.78, 5) is 39.7. The van der Waals surface area contributed by atoms with E-state index in [1.807, 2.05) is 26.0 Å². The highest BCUT2D eigenvalue weighted by Crippen LogP contribution is 2.31. The number of ether oxygens (including phenoxy) is 1. The number of carbonyl (C=O) groups excluding carboxylic acids is 3. The molecule has 0 fully saturated rings. The first-order chi connectivity index (χ1) is 15.4. The third-order valence-corrected chi connectivity index (χ3v) is 5.39. The van der Waals surface area contributed by atoms with E-state index in [2.05, 4.69) is 22.4 Å². The van der Waals surface area contributed by atoms with Crippen LogP contribution in [-0.2, 0) is 17.9 Å². The lowest BCUT2D eigenvalue weighted by atomic mass is 10.1. The van der Waals surface area contributed by atoms with Gasteiger partial charge in [0.2, 0.25) is 0 Å². The van der Waals surface area contributed by atoms with Gasteiger partial charge in [0.15, 0.2) is 12.4 Å². The van der Waals surface area contributed by atoms with E-state index in [1.165, 1.54) is 18.2 Å². The minimum Gasteiger partial charge on any atom is -0.454 e. The van der Waals surface area contributed by atoms with Crippen molar-refractivity contribution in [3.8, 4) is 0 Å². The van der Waals surface area contributed by atoms with Crippen LogP contribution >= 0.6 is 0 Å². The molecule has 0 saturated carbocycles. The van der Waals surface area contributed by atoms with Crippen LogP contribution in [0.1, 0.15) is 67.8 Å². The van der Waals surface area contributed by atoms with E-state index in [4.69, 9.17) is 4.74 Å². The van der Waals surface area contributed by atoms with Crippen molar-refractivity contribution >= 4 is 23.5 Å². The van der Waals surface area contributed by atoms with Crippen molar-refractivity contribution in [3.63, 3.8) is 0 Å². The van der Waals surface area contributed by atoms with Crippen LogP contribution in [-0.4, -0.2) is 38.0 Å². The fraction of sp³-hybridized carbons (Fsp3) is 0.304. The zero-order valence-electron chi connectivity index (χ0n) is 18.2. The van der Waals surface area contributed by atoms with Gasteiger partial charge in [-0.15, -0.1) is 5.10 Å². The molecule has 1 aromatic heterocycles. The number of carbonyl (C=O) groups is 3. The SMILES string of the molecule is CCCCn1nnnc1COC(=O)c1ccc2c(c1)C(=O)N(c1cc(C)ccc1C)C2=O. The monoisotopic (exact) mass is 433 g/mol. The van der Waals surface area contributed by atoms with Gasteiger partial charge >= 0.3 is 5.97 Å². The standard InChI is InChI=1S/C23H23N5O4/c1-4-5-10-27-20(24-25-26-27)13-32-23(31)16-8-9-17-18(12-16)22(30)28(21(17)29)19-11-14(2)6-7-15(19)3/h6-9,11-12H,4-5,10,13H2,1-3H3. The van der Waals surface area contributed by atoms with Crippen molar-refractivity contribution in [1.82, 2.24) is 20.2 Å². The molecule has 0 saturated heterocycles. The van der Waals surface area contributed by atoms with Gasteiger partial charge in [0, 0.05) is 6.54 Å². The van der Waals surface area contributed by atoms with Crippen LogP contribution < -0.4 is 4.90 Å². The molecule has 0 radical (unpaired) electrons. The molecule has 32 heavy (non-hydrogen) atoms. The van der Waals surface area contributed by atoms with E-state index in [0.717, 1.165) is 28.9 Å². The van der Waals surface area contributed by atoms with E-state index in [9.17, 15) is 14.4 Å². The van der Waals surface area contributed by atoms with Gasteiger partial charge in [0.1, 0.15) is 0 Å². The van der Waals surface area contributed by atoms with Crippen LogP contribution in [0.2, 0.25) is 0 Å². The summed E-state index contributed by atoms with van der Waals surface area (Å²) >= 11 is 0. The number of fused-ring (bicyclic) bond motifs is 1. The molecule has 0 N–H and O–H groups in total. The molecular formula is C23H23N5O4. The third kappa shape index (κ3) is 3.89. The van der Waals surface area contributed by atoms with E-state index >= 15 is 0 Å². The molecule has 0 bridgehead atoms. The molecule has 2 aromatic carbocycles. The lowest BCUT2D eigenvalue weighted by molar-refractivity contribution is 0.0456. The largest absolute Gasteiger partial charge is 0.454 e. The summed E-state index contributed by atoms with van der Waals surface area (Å²) < 4.78 is 6.95. The maximum Gasteiger partial charge on any atom is 0.338 e. The Labute approximate surface area is 185 Å². The number of nitrogens with zero attached hydrogens (tertiary/aromatic N) is 5. The van der Waals surface area contributed by atoms with Gasteiger partial charge in [-0.3, -0.25) is 9.59 Å². The molecule has 4 rings (SSSR count). The number of hydrogen-bond acceptors (Lipinski definition) is 7. The highest BCUT2D eigenvalue weighted by molar-refractivity contribution is 6.35. The minimum atomic E-state index is -0.622. The minimum absolute atomic E-state index is 0.0892. The second-order valence-corrected chi connectivity index (χ2v) is 7.74. The van der Waals surface area contributed by atoms with Gasteiger partial charge < -0.3 is 4.74 Å². The quantitative estimate of drug-likeness (QED) is 0.416. The lowest BCUT2D eigenvalue weighted by Gasteiger charge is -2.17. The van der Waals surface area contributed by atoms with Crippen LogP contribution in [0.4, 0.5) is 5.69 Å². The maximum atomic E-state index is 13.1. The molecule has 0 atom stereocenters. The zero-order chi connectivity index (χ0) is 22.8. The van der Waals surface area contributed by atoms with Crippen molar-refractivity contribution in [3.05, 3.63) is 70.0 Å². The zero-order valence-corrected chi connectivity index (χ0v) is 18.2. The number of aryl methyl sites for hydroxylation is 3. The summed E-state index contributed by atoms with van der Waals surface area (Å²) in [5.41, 5.74) is 2.91. The van der Waals surface area contributed by atoms with Gasteiger partial charge in [-0.2, -0.15) is 0 Å². The Morgan fingerprint density at radius 3 is 2.59 bits per heavy atom. The van der Waals surface area contributed by atoms with Gasteiger partial charge in [-0.25, -0.2) is 14.4 Å². The molecule has 164 valence electrons. The summed E-state index contributed by atoms with van der Waals surface area (Å²) in [7, 11) is 0. The summed E-state index contributed by atoms with van der Waals surface area (Å²) in [6.07, 6.45) is 1.89. The molecule has 9 heteroatoms. The number of imide groups is 1. The molecule has 0 spiro atoms. The first-order valence-electron chi connectivity index (χ1n) is 10.4. The molecule has 9 nitrogen and oxygen atoms in total. The summed E-state index contributed by atoms with van der Waals surface area (Å²) in [5, 5.41) is 11.4. The van der Waals surface area contributed by atoms with Crippen molar-refractivity contribution in [2.75, 3.05) is 4.90 Å². The molecular weight excluding hydrogens is 410 g/mol. The van der Waals surface area contributed by atoms with Crippen molar-refractivity contribution in [2.45, 2.75) is 46.8 Å². The Hall–Kier alpha value is -3.88. The Balaban J connectivity index is 1.53. The Morgan fingerprint density at radius 2 is 1.81 bits per heavy atom. The number of benzene rings is 2. The van der Waals surface area contributed by atoms with E-state index < -0.39 is 17.8 Å². The molecule has 1 aliphatic rings. The number of anilines is 1. The molecule has 0 aliphatic carbocycles. The van der Waals surface area contributed by atoms with E-state index in [0.29, 0.717) is 18.1 Å². The fourth-order valence-corrected chi connectivity index (χ4v) is 3.57. The van der Waals surface area contributed by atoms with E-state index in [-0.39, 0.29) is 23.3 Å². The van der Waals surface area contributed by atoms with Crippen LogP contribution in [0, 0.1) is 13.8 Å². The first-order valence-corrected chi connectivity index (χ1v) is 10.4. The Bertz CT molecular complexity index is 1220. The highest BCUT2D eigenvalue weighted by Gasteiger charge is 2.38. The van der Waals surface area contributed by atoms with Gasteiger partial charge in [0.05, 0.1) is 22.4 Å². The Morgan fingerprint density at radius 1 is 1.03 bits per heavy atom. The van der Waals surface area contributed by atoms with Gasteiger partial charge in [-0.1, -0.05) is 25.5 Å². The second kappa shape index (κ2) is 8.70. The number of rotatable bonds is 7. The average molecular weight is 433 g/mol. The predicted octanol–water partition coefficient (Wildman–Crippen LogP) is 3.25. The number of unbranched alkanes of at least 4 members (excludes halogenated alkanes) is 1. The lowest BCUT2D eigenvalue weighted by Crippen LogP contribution is -2.30. The first kappa shape index (κ1) is 21.4. The highest BCUT2D eigenvalue weighted by atomic mass is 16.5. The molecule has 3 aromatic rings. The normalized spacial score (nSPS) is 12.9. The summed E-state index contributed by atoms with van der Waals surface area (Å²) in [5.74, 6) is -1.05. The smallest absolute Gasteiger partial charge is 0.338 e. The summed E-state index contributed by atoms with van der Waals surface area (Å²) in [6.45, 7) is 6.35. The van der Waals surface area contributed by atoms with Crippen LogP contribution in [0.15, 0.2) is 36.4 Å². The maximum absolute atomic E-state index is 13.1. The van der Waals surface area contributed by atoms with Crippen LogP contribution in [0.25, 0.3) is 0 Å². The third-order valence-electron chi connectivity index (χ3n) is 5.39. The average Bonchev–Trinajstić information content (AvgIpc) is 3.34. The predicted molar refractivity (Wildman–Crippen MR) is 115 cm³/mol. The topological polar surface area (TPSA) is 107 Å². The summed E-state index contributed by atoms with van der Waals surface area (Å²) in [6, 6.07) is 9.97. The van der Waals surface area contributed by atoms with Gasteiger partial charge in [0.25, 0.3) is 11.8 Å². The molecule has 2 heterocycles. The number of hydrogen-bond donors (Lipinski definition) is 0. The number of esters is 1.